The first kappa shape index (κ1) is 18.3. The van der Waals surface area contributed by atoms with Crippen LogP contribution in [0.15, 0.2) is 24.3 Å². The average Bonchev–Trinajstić information content (AvgIpc) is 2.61. The number of methoxy groups -OCH3 is 1. The second kappa shape index (κ2) is 9.27. The largest absolute Gasteiger partial charge is 0.497 e. The van der Waals surface area contributed by atoms with Crippen molar-refractivity contribution in [2.24, 2.45) is 11.8 Å². The minimum absolute atomic E-state index is 0.0648. The lowest BCUT2D eigenvalue weighted by Gasteiger charge is -2.27. The Bertz CT molecular complexity index is 554. The van der Waals surface area contributed by atoms with Crippen LogP contribution in [0.1, 0.15) is 24.8 Å². The molecule has 0 aromatic heterocycles. The highest BCUT2D eigenvalue weighted by molar-refractivity contribution is 5.77. The Morgan fingerprint density at radius 2 is 2.12 bits per heavy atom. The van der Waals surface area contributed by atoms with E-state index in [0.717, 1.165) is 24.2 Å². The second-order valence-corrected chi connectivity index (χ2v) is 6.05. The molecule has 0 radical (unpaired) electrons. The van der Waals surface area contributed by atoms with Gasteiger partial charge < -0.3 is 19.9 Å². The zero-order valence-corrected chi connectivity index (χ0v) is 14.0. The van der Waals surface area contributed by atoms with Crippen LogP contribution in [0.5, 0.6) is 5.75 Å². The molecule has 0 saturated carbocycles. The van der Waals surface area contributed by atoms with Gasteiger partial charge in [-0.15, -0.1) is 0 Å². The molecule has 2 rings (SSSR count). The van der Waals surface area contributed by atoms with E-state index in [1.807, 2.05) is 24.3 Å². The van der Waals surface area contributed by atoms with Crippen molar-refractivity contribution in [2.75, 3.05) is 26.9 Å². The molecule has 0 aliphatic carbocycles. The Labute approximate surface area is 142 Å². The number of carboxylic acids is 1. The van der Waals surface area contributed by atoms with Crippen LogP contribution < -0.4 is 10.1 Å². The molecule has 24 heavy (non-hydrogen) atoms. The first-order valence-electron chi connectivity index (χ1n) is 8.30. The fraction of sp³-hybridized carbons (Fsp3) is 0.556. The third-order valence-corrected chi connectivity index (χ3v) is 4.45. The molecule has 1 aliphatic rings. The molecule has 2 N–H and O–H groups in total. The number of carbonyl (C=O) groups is 2. The number of nitrogens with one attached hydrogen (secondary N) is 1. The van der Waals surface area contributed by atoms with Crippen LogP contribution in [0.3, 0.4) is 0 Å². The lowest BCUT2D eigenvalue weighted by molar-refractivity contribution is -0.144. The smallest absolute Gasteiger partial charge is 0.308 e. The van der Waals surface area contributed by atoms with Crippen molar-refractivity contribution in [1.82, 2.24) is 5.32 Å². The maximum absolute atomic E-state index is 12.0. The van der Waals surface area contributed by atoms with Gasteiger partial charge in [-0.25, -0.2) is 0 Å². The van der Waals surface area contributed by atoms with Crippen LogP contribution in [0.4, 0.5) is 0 Å². The third-order valence-electron chi connectivity index (χ3n) is 4.45. The standard InChI is InChI=1S/C18H25NO5/c1-23-15-4-2-3-13(11-15)5-6-17(20)19-12-16(18(21)22)14-7-9-24-10-8-14/h2-4,11,14,16H,5-10,12H2,1H3,(H,19,20)(H,21,22). The van der Waals surface area contributed by atoms with Gasteiger partial charge in [0.05, 0.1) is 13.0 Å². The fourth-order valence-corrected chi connectivity index (χ4v) is 2.97. The van der Waals surface area contributed by atoms with Gasteiger partial charge in [0, 0.05) is 26.2 Å². The summed E-state index contributed by atoms with van der Waals surface area (Å²) in [6.45, 7) is 1.37. The molecule has 1 heterocycles. The Balaban J connectivity index is 1.79. The van der Waals surface area contributed by atoms with Crippen molar-refractivity contribution in [3.8, 4) is 5.75 Å². The van der Waals surface area contributed by atoms with Crippen molar-refractivity contribution >= 4 is 11.9 Å². The van der Waals surface area contributed by atoms with Crippen LogP contribution in [0, 0.1) is 11.8 Å². The molecule has 1 amide bonds. The highest BCUT2D eigenvalue weighted by Crippen LogP contribution is 2.23. The Kier molecular flexibility index (Phi) is 7.06. The number of hydrogen-bond acceptors (Lipinski definition) is 4. The molecule has 0 bridgehead atoms. The van der Waals surface area contributed by atoms with Gasteiger partial charge in [0.15, 0.2) is 0 Å². The first-order valence-corrected chi connectivity index (χ1v) is 8.30. The molecule has 1 aromatic rings. The summed E-state index contributed by atoms with van der Waals surface area (Å²) < 4.78 is 10.4. The summed E-state index contributed by atoms with van der Waals surface area (Å²) in [6.07, 6.45) is 2.39. The summed E-state index contributed by atoms with van der Waals surface area (Å²) in [5, 5.41) is 12.2. The van der Waals surface area contributed by atoms with Crippen LogP contribution in [-0.4, -0.2) is 43.9 Å². The molecule has 1 unspecified atom stereocenters. The van der Waals surface area contributed by atoms with Crippen LogP contribution in [0.2, 0.25) is 0 Å². The van der Waals surface area contributed by atoms with E-state index < -0.39 is 11.9 Å². The lowest BCUT2D eigenvalue weighted by Crippen LogP contribution is -2.39. The fourth-order valence-electron chi connectivity index (χ4n) is 2.97. The molecular formula is C18H25NO5. The number of hydrogen-bond donors (Lipinski definition) is 2. The van der Waals surface area contributed by atoms with Gasteiger partial charge in [-0.3, -0.25) is 9.59 Å². The summed E-state index contributed by atoms with van der Waals surface area (Å²) in [4.78, 5) is 23.5. The lowest BCUT2D eigenvalue weighted by atomic mass is 9.86. The van der Waals surface area contributed by atoms with Crippen molar-refractivity contribution in [3.63, 3.8) is 0 Å². The van der Waals surface area contributed by atoms with Crippen molar-refractivity contribution < 1.29 is 24.2 Å². The minimum atomic E-state index is -0.852. The molecule has 1 aromatic carbocycles. The number of ether oxygens (including phenoxy) is 2. The SMILES string of the molecule is COc1cccc(CCC(=O)NCC(C(=O)O)C2CCOCC2)c1. The number of rotatable bonds is 8. The van der Waals surface area contributed by atoms with Gasteiger partial charge in [0.1, 0.15) is 5.75 Å². The van der Waals surface area contributed by atoms with Crippen molar-refractivity contribution in [1.29, 1.82) is 0 Å². The normalized spacial score (nSPS) is 16.4. The molecule has 6 heteroatoms. The van der Waals surface area contributed by atoms with E-state index in [1.165, 1.54) is 0 Å². The second-order valence-electron chi connectivity index (χ2n) is 6.05. The highest BCUT2D eigenvalue weighted by Gasteiger charge is 2.29. The van der Waals surface area contributed by atoms with Gasteiger partial charge >= 0.3 is 5.97 Å². The molecule has 1 fully saturated rings. The van der Waals surface area contributed by atoms with E-state index in [2.05, 4.69) is 5.32 Å². The van der Waals surface area contributed by atoms with Gasteiger partial charge in [-0.2, -0.15) is 0 Å². The third kappa shape index (κ3) is 5.53. The van der Waals surface area contributed by atoms with E-state index in [1.54, 1.807) is 7.11 Å². The van der Waals surface area contributed by atoms with E-state index in [9.17, 15) is 14.7 Å². The number of amides is 1. The zero-order chi connectivity index (χ0) is 17.4. The van der Waals surface area contributed by atoms with Gasteiger partial charge in [-0.1, -0.05) is 12.1 Å². The molecule has 1 aliphatic heterocycles. The quantitative estimate of drug-likeness (QED) is 0.757. The number of carboxylic acid groups (broad SMARTS) is 1. The van der Waals surface area contributed by atoms with E-state index in [-0.39, 0.29) is 18.4 Å². The predicted molar refractivity (Wildman–Crippen MR) is 89.0 cm³/mol. The topological polar surface area (TPSA) is 84.9 Å². The van der Waals surface area contributed by atoms with E-state index >= 15 is 0 Å². The molecule has 0 spiro atoms. The maximum Gasteiger partial charge on any atom is 0.308 e. The van der Waals surface area contributed by atoms with Crippen molar-refractivity contribution in [3.05, 3.63) is 29.8 Å². The van der Waals surface area contributed by atoms with E-state index in [4.69, 9.17) is 9.47 Å². The van der Waals surface area contributed by atoms with E-state index in [0.29, 0.717) is 26.1 Å². The Morgan fingerprint density at radius 1 is 1.38 bits per heavy atom. The summed E-state index contributed by atoms with van der Waals surface area (Å²) >= 11 is 0. The zero-order valence-electron chi connectivity index (χ0n) is 14.0. The number of benzene rings is 1. The number of aryl methyl sites for hydroxylation is 1. The molecule has 6 nitrogen and oxygen atoms in total. The maximum atomic E-state index is 12.0. The number of aliphatic carboxylic acids is 1. The molecular weight excluding hydrogens is 310 g/mol. The molecule has 1 saturated heterocycles. The van der Waals surface area contributed by atoms with Gasteiger partial charge in [0.25, 0.3) is 0 Å². The first-order chi connectivity index (χ1) is 11.6. The van der Waals surface area contributed by atoms with Gasteiger partial charge in [-0.05, 0) is 42.9 Å². The number of carbonyl (C=O) groups excluding carboxylic acids is 1. The average molecular weight is 335 g/mol. The summed E-state index contributed by atoms with van der Waals surface area (Å²) in [7, 11) is 1.61. The van der Waals surface area contributed by atoms with Crippen molar-refractivity contribution in [2.45, 2.75) is 25.7 Å². The van der Waals surface area contributed by atoms with Crippen LogP contribution in [0.25, 0.3) is 0 Å². The predicted octanol–water partition coefficient (Wildman–Crippen LogP) is 1.87. The Hall–Kier alpha value is -2.08. The highest BCUT2D eigenvalue weighted by atomic mass is 16.5. The van der Waals surface area contributed by atoms with Crippen LogP contribution >= 0.6 is 0 Å². The van der Waals surface area contributed by atoms with Gasteiger partial charge in [0.2, 0.25) is 5.91 Å². The Morgan fingerprint density at radius 3 is 2.79 bits per heavy atom. The molecule has 132 valence electrons. The summed E-state index contributed by atoms with van der Waals surface area (Å²) in [6, 6.07) is 7.58. The van der Waals surface area contributed by atoms with Crippen LogP contribution in [-0.2, 0) is 20.7 Å². The monoisotopic (exact) mass is 335 g/mol. The summed E-state index contributed by atoms with van der Waals surface area (Å²) in [5.74, 6) is -0.700. The summed E-state index contributed by atoms with van der Waals surface area (Å²) in [5.41, 5.74) is 1.02. The minimum Gasteiger partial charge on any atom is -0.497 e. The molecule has 1 atom stereocenters.